The lowest BCUT2D eigenvalue weighted by molar-refractivity contribution is -0.120. The third-order valence-electron chi connectivity index (χ3n) is 7.04. The SMILES string of the molecule is CCc1ccc(N2C(=O)[C@@H]3Cc4c([nH]c5ccccc45)[C@H](c4ccc(C)cc4)N3C2=S)cc1. The summed E-state index contributed by atoms with van der Waals surface area (Å²) < 4.78 is 0. The zero-order chi connectivity index (χ0) is 22.7. The van der Waals surface area contributed by atoms with Crippen LogP contribution in [-0.4, -0.2) is 26.9 Å². The summed E-state index contributed by atoms with van der Waals surface area (Å²) in [6.45, 7) is 4.22. The number of amides is 1. The Labute approximate surface area is 198 Å². The van der Waals surface area contributed by atoms with Crippen molar-refractivity contribution in [2.45, 2.75) is 38.8 Å². The molecule has 1 amide bonds. The number of anilines is 1. The van der Waals surface area contributed by atoms with Gasteiger partial charge >= 0.3 is 0 Å². The highest BCUT2D eigenvalue weighted by atomic mass is 32.1. The van der Waals surface area contributed by atoms with E-state index in [1.807, 2.05) is 18.2 Å². The minimum absolute atomic E-state index is 0.0530. The monoisotopic (exact) mass is 451 g/mol. The van der Waals surface area contributed by atoms with Gasteiger partial charge in [0, 0.05) is 23.0 Å². The number of para-hydroxylation sites is 1. The molecule has 1 N–H and O–H groups in total. The molecule has 2 aliphatic rings. The number of carbonyl (C=O) groups excluding carboxylic acids is 1. The predicted octanol–water partition coefficient (Wildman–Crippen LogP) is 5.69. The summed E-state index contributed by atoms with van der Waals surface area (Å²) in [4.78, 5) is 21.3. The Morgan fingerprint density at radius 3 is 2.45 bits per heavy atom. The van der Waals surface area contributed by atoms with Crippen LogP contribution < -0.4 is 4.90 Å². The lowest BCUT2D eigenvalue weighted by Crippen LogP contribution is -2.44. The van der Waals surface area contributed by atoms with Gasteiger partial charge in [-0.15, -0.1) is 0 Å². The minimum atomic E-state index is -0.318. The van der Waals surface area contributed by atoms with Crippen molar-refractivity contribution in [1.29, 1.82) is 0 Å². The van der Waals surface area contributed by atoms with Gasteiger partial charge in [0.2, 0.25) is 0 Å². The number of aryl methyl sites for hydroxylation is 2. The van der Waals surface area contributed by atoms with E-state index in [4.69, 9.17) is 12.2 Å². The molecule has 33 heavy (non-hydrogen) atoms. The molecule has 4 nitrogen and oxygen atoms in total. The number of benzene rings is 3. The zero-order valence-corrected chi connectivity index (χ0v) is 19.5. The number of aromatic amines is 1. The summed E-state index contributed by atoms with van der Waals surface area (Å²) in [6, 6.07) is 24.7. The van der Waals surface area contributed by atoms with Gasteiger partial charge < -0.3 is 9.88 Å². The standard InChI is InChI=1S/C28H25N3OS/c1-3-18-10-14-20(15-11-18)30-27(32)24-16-22-21-6-4-5-7-23(21)29-25(22)26(31(24)28(30)33)19-12-8-17(2)9-13-19/h4-15,24,26,29H,3,16H2,1-2H3/t24-,26-/m0/s1. The van der Waals surface area contributed by atoms with Crippen molar-refractivity contribution < 1.29 is 4.79 Å². The van der Waals surface area contributed by atoms with Crippen LogP contribution >= 0.6 is 12.2 Å². The van der Waals surface area contributed by atoms with Gasteiger partial charge in [0.05, 0.1) is 11.7 Å². The number of nitrogens with zero attached hydrogens (tertiary/aromatic N) is 2. The normalized spacial score (nSPS) is 19.8. The molecule has 0 unspecified atom stereocenters. The van der Waals surface area contributed by atoms with Gasteiger partial charge in [-0.05, 0) is 60.5 Å². The highest BCUT2D eigenvalue weighted by Gasteiger charge is 2.50. The van der Waals surface area contributed by atoms with Gasteiger partial charge in [-0.1, -0.05) is 67.1 Å². The number of fused-ring (bicyclic) bond motifs is 4. The second-order valence-electron chi connectivity index (χ2n) is 8.98. The van der Waals surface area contributed by atoms with Gasteiger partial charge in [-0.25, -0.2) is 0 Å². The quantitative estimate of drug-likeness (QED) is 0.407. The van der Waals surface area contributed by atoms with E-state index in [9.17, 15) is 4.79 Å². The highest BCUT2D eigenvalue weighted by Crippen LogP contribution is 2.44. The van der Waals surface area contributed by atoms with Crippen LogP contribution in [0, 0.1) is 6.92 Å². The van der Waals surface area contributed by atoms with Crippen LogP contribution in [0.25, 0.3) is 10.9 Å². The second-order valence-corrected chi connectivity index (χ2v) is 9.34. The van der Waals surface area contributed by atoms with Crippen LogP contribution in [0.1, 0.15) is 40.9 Å². The first kappa shape index (κ1) is 20.2. The Kier molecular flexibility index (Phi) is 4.63. The Hall–Kier alpha value is -3.44. The van der Waals surface area contributed by atoms with E-state index in [1.54, 1.807) is 4.90 Å². The molecule has 1 fully saturated rings. The van der Waals surface area contributed by atoms with Crippen molar-refractivity contribution in [3.05, 3.63) is 101 Å². The van der Waals surface area contributed by atoms with Gasteiger partial charge in [0.15, 0.2) is 5.11 Å². The average molecular weight is 452 g/mol. The Morgan fingerprint density at radius 1 is 1.00 bits per heavy atom. The third-order valence-corrected chi connectivity index (χ3v) is 7.44. The van der Waals surface area contributed by atoms with E-state index >= 15 is 0 Å². The lowest BCUT2D eigenvalue weighted by atomic mass is 9.88. The molecule has 1 saturated heterocycles. The molecule has 3 heterocycles. The molecule has 0 saturated carbocycles. The van der Waals surface area contributed by atoms with Gasteiger partial charge in [-0.3, -0.25) is 9.69 Å². The number of nitrogens with one attached hydrogen (secondary N) is 1. The minimum Gasteiger partial charge on any atom is -0.356 e. The van der Waals surface area contributed by atoms with E-state index in [0.717, 1.165) is 28.9 Å². The number of aromatic nitrogens is 1. The molecular weight excluding hydrogens is 426 g/mol. The van der Waals surface area contributed by atoms with Crippen LogP contribution in [0.15, 0.2) is 72.8 Å². The maximum absolute atomic E-state index is 13.8. The molecule has 2 aliphatic heterocycles. The van der Waals surface area contributed by atoms with E-state index < -0.39 is 0 Å². The Morgan fingerprint density at radius 2 is 1.73 bits per heavy atom. The van der Waals surface area contributed by atoms with Crippen molar-refractivity contribution in [2.24, 2.45) is 0 Å². The molecule has 0 bridgehead atoms. The van der Waals surface area contributed by atoms with Crippen molar-refractivity contribution >= 4 is 39.8 Å². The first-order valence-corrected chi connectivity index (χ1v) is 11.9. The molecule has 0 spiro atoms. The van der Waals surface area contributed by atoms with Crippen molar-refractivity contribution in [2.75, 3.05) is 4.90 Å². The molecule has 6 rings (SSSR count). The lowest BCUT2D eigenvalue weighted by Gasteiger charge is -2.37. The van der Waals surface area contributed by atoms with Gasteiger partial charge in [0.1, 0.15) is 6.04 Å². The van der Waals surface area contributed by atoms with Crippen LogP contribution in [0.3, 0.4) is 0 Å². The topological polar surface area (TPSA) is 39.3 Å². The van der Waals surface area contributed by atoms with E-state index in [0.29, 0.717) is 11.5 Å². The van der Waals surface area contributed by atoms with Gasteiger partial charge in [0.25, 0.3) is 5.91 Å². The first-order chi connectivity index (χ1) is 16.1. The molecular formula is C28H25N3OS. The highest BCUT2D eigenvalue weighted by molar-refractivity contribution is 7.80. The molecule has 2 atom stereocenters. The maximum atomic E-state index is 13.8. The fraction of sp³-hybridized carbons (Fsp3) is 0.214. The van der Waals surface area contributed by atoms with E-state index in [-0.39, 0.29) is 18.0 Å². The summed E-state index contributed by atoms with van der Waals surface area (Å²) in [5, 5.41) is 1.76. The first-order valence-electron chi connectivity index (χ1n) is 11.5. The van der Waals surface area contributed by atoms with Gasteiger partial charge in [-0.2, -0.15) is 0 Å². The fourth-order valence-electron chi connectivity index (χ4n) is 5.29. The number of thiocarbonyl (C=S) groups is 1. The fourth-order valence-corrected chi connectivity index (χ4v) is 5.72. The van der Waals surface area contributed by atoms with Crippen LogP contribution in [-0.2, 0) is 17.6 Å². The Bertz CT molecular complexity index is 1390. The second kappa shape index (κ2) is 7.56. The molecule has 0 radical (unpaired) electrons. The summed E-state index contributed by atoms with van der Waals surface area (Å²) in [7, 11) is 0. The molecule has 3 aromatic carbocycles. The smallest absolute Gasteiger partial charge is 0.256 e. The summed E-state index contributed by atoms with van der Waals surface area (Å²) in [6.07, 6.45) is 1.61. The predicted molar refractivity (Wildman–Crippen MR) is 137 cm³/mol. The van der Waals surface area contributed by atoms with Crippen LogP contribution in [0.5, 0.6) is 0 Å². The number of carbonyl (C=O) groups is 1. The third kappa shape index (κ3) is 3.03. The molecule has 0 aliphatic carbocycles. The summed E-state index contributed by atoms with van der Waals surface area (Å²) in [5.41, 5.74) is 7.88. The largest absolute Gasteiger partial charge is 0.356 e. The van der Waals surface area contributed by atoms with Crippen LogP contribution in [0.4, 0.5) is 5.69 Å². The molecule has 1 aromatic heterocycles. The number of rotatable bonds is 3. The molecule has 164 valence electrons. The van der Waals surface area contributed by atoms with E-state index in [1.165, 1.54) is 22.1 Å². The van der Waals surface area contributed by atoms with Crippen molar-refractivity contribution in [3.8, 4) is 0 Å². The number of hydrogen-bond acceptors (Lipinski definition) is 2. The van der Waals surface area contributed by atoms with E-state index in [2.05, 4.69) is 78.3 Å². The maximum Gasteiger partial charge on any atom is 0.256 e. The average Bonchev–Trinajstić information content (AvgIpc) is 3.33. The zero-order valence-electron chi connectivity index (χ0n) is 18.7. The van der Waals surface area contributed by atoms with Crippen LogP contribution in [0.2, 0.25) is 0 Å². The number of H-pyrrole nitrogens is 1. The molecule has 5 heteroatoms. The van der Waals surface area contributed by atoms with Crippen molar-refractivity contribution in [3.63, 3.8) is 0 Å². The summed E-state index contributed by atoms with van der Waals surface area (Å²) >= 11 is 5.99. The molecule has 4 aromatic rings. The van der Waals surface area contributed by atoms with Crippen molar-refractivity contribution in [1.82, 2.24) is 9.88 Å². The summed E-state index contributed by atoms with van der Waals surface area (Å²) in [5.74, 6) is 0.0530. The number of hydrogen-bond donors (Lipinski definition) is 1. The Balaban J connectivity index is 1.51.